The van der Waals surface area contributed by atoms with Gasteiger partial charge in [-0.15, -0.1) is 11.3 Å². The van der Waals surface area contributed by atoms with Crippen LogP contribution in [0.5, 0.6) is 0 Å². The molecule has 0 saturated carbocycles. The summed E-state index contributed by atoms with van der Waals surface area (Å²) in [5.74, 6) is -0.901. The molecular formula is C16H16N2O3S. The number of aromatic nitrogens is 1. The lowest BCUT2D eigenvalue weighted by molar-refractivity contribution is -0.144. The zero-order chi connectivity index (χ0) is 15.9. The van der Waals surface area contributed by atoms with Gasteiger partial charge in [-0.3, -0.25) is 4.79 Å². The molecule has 1 aromatic carbocycles. The van der Waals surface area contributed by atoms with Gasteiger partial charge in [0.2, 0.25) is 5.91 Å². The number of methoxy groups -OCH3 is 1. The predicted octanol–water partition coefficient (Wildman–Crippen LogP) is 2.50. The molecule has 0 aliphatic rings. The number of carbonyl (C=O) groups excluding carboxylic acids is 2. The summed E-state index contributed by atoms with van der Waals surface area (Å²) < 4.78 is 4.75. The minimum absolute atomic E-state index is 0.384. The molecule has 0 radical (unpaired) electrons. The number of ether oxygens (including phenoxy) is 1. The van der Waals surface area contributed by atoms with Crippen molar-refractivity contribution >= 4 is 29.3 Å². The summed E-state index contributed by atoms with van der Waals surface area (Å²) in [5.41, 5.74) is 1.38. The third-order valence-corrected chi connectivity index (χ3v) is 3.69. The van der Waals surface area contributed by atoms with Crippen LogP contribution in [0.3, 0.4) is 0 Å². The van der Waals surface area contributed by atoms with Crippen LogP contribution in [0.25, 0.3) is 6.08 Å². The van der Waals surface area contributed by atoms with Gasteiger partial charge >= 0.3 is 5.97 Å². The fourth-order valence-corrected chi connectivity index (χ4v) is 2.43. The largest absolute Gasteiger partial charge is 0.467 e. The van der Waals surface area contributed by atoms with Crippen LogP contribution in [0.2, 0.25) is 0 Å². The summed E-state index contributed by atoms with van der Waals surface area (Å²) in [6.07, 6.45) is 2.96. The van der Waals surface area contributed by atoms with Crippen molar-refractivity contribution in [1.82, 2.24) is 10.3 Å². The van der Waals surface area contributed by atoms with E-state index in [1.54, 1.807) is 30.3 Å². The Balaban J connectivity index is 2.08. The van der Waals surface area contributed by atoms with Gasteiger partial charge in [-0.2, -0.15) is 0 Å². The molecule has 1 amide bonds. The van der Waals surface area contributed by atoms with E-state index in [1.165, 1.54) is 24.5 Å². The minimum atomic E-state index is -0.833. The Morgan fingerprint density at radius 2 is 2.05 bits per heavy atom. The summed E-state index contributed by atoms with van der Waals surface area (Å²) in [5, 5.41) is 5.42. The molecule has 0 fully saturated rings. The average molecular weight is 316 g/mol. The summed E-state index contributed by atoms with van der Waals surface area (Å²) in [7, 11) is 1.29. The maximum Gasteiger partial charge on any atom is 0.333 e. The number of aryl methyl sites for hydroxylation is 1. The Hall–Kier alpha value is -2.47. The number of nitrogens with zero attached hydrogens (tertiary/aromatic N) is 1. The molecule has 1 atom stereocenters. The van der Waals surface area contributed by atoms with E-state index in [0.717, 1.165) is 5.01 Å². The molecule has 5 nitrogen and oxygen atoms in total. The van der Waals surface area contributed by atoms with Gasteiger partial charge in [-0.25, -0.2) is 9.78 Å². The van der Waals surface area contributed by atoms with Gasteiger partial charge in [0.25, 0.3) is 0 Å². The number of rotatable bonds is 5. The van der Waals surface area contributed by atoms with Gasteiger partial charge in [-0.05, 0) is 18.6 Å². The summed E-state index contributed by atoms with van der Waals surface area (Å²) in [6, 6.07) is 8.12. The predicted molar refractivity (Wildman–Crippen MR) is 85.2 cm³/mol. The summed E-state index contributed by atoms with van der Waals surface area (Å²) in [4.78, 5) is 28.1. The van der Waals surface area contributed by atoms with E-state index in [-0.39, 0.29) is 5.91 Å². The van der Waals surface area contributed by atoms with Crippen molar-refractivity contribution in [3.8, 4) is 0 Å². The number of esters is 1. The first-order valence-corrected chi connectivity index (χ1v) is 7.51. The van der Waals surface area contributed by atoms with E-state index in [2.05, 4.69) is 10.3 Å². The molecule has 0 aliphatic carbocycles. The van der Waals surface area contributed by atoms with Gasteiger partial charge in [-0.1, -0.05) is 30.3 Å². The fraction of sp³-hybridized carbons (Fsp3) is 0.188. The van der Waals surface area contributed by atoms with E-state index < -0.39 is 12.0 Å². The molecule has 1 unspecified atom stereocenters. The Morgan fingerprint density at radius 3 is 2.64 bits per heavy atom. The normalized spacial score (nSPS) is 12.1. The minimum Gasteiger partial charge on any atom is -0.467 e. The van der Waals surface area contributed by atoms with E-state index >= 15 is 0 Å². The highest BCUT2D eigenvalue weighted by atomic mass is 32.1. The van der Waals surface area contributed by atoms with Crippen LogP contribution in [0.4, 0.5) is 0 Å². The average Bonchev–Trinajstić information content (AvgIpc) is 2.96. The molecule has 2 aromatic rings. The summed E-state index contributed by atoms with van der Waals surface area (Å²) in [6.45, 7) is 1.89. The van der Waals surface area contributed by atoms with Gasteiger partial charge in [0.1, 0.15) is 0 Å². The van der Waals surface area contributed by atoms with Gasteiger partial charge in [0, 0.05) is 11.5 Å². The number of nitrogens with one attached hydrogen (secondary N) is 1. The standard InChI is InChI=1S/C16H16N2O3S/c1-11-17-13(10-22-11)8-9-14(19)18-15(16(20)21-2)12-6-4-3-5-7-12/h3-10,15H,1-2H3,(H,18,19)/b9-8-. The van der Waals surface area contributed by atoms with Crippen LogP contribution in [-0.2, 0) is 14.3 Å². The van der Waals surface area contributed by atoms with Gasteiger partial charge in [0.15, 0.2) is 6.04 Å². The molecule has 0 aliphatic heterocycles. The first-order chi connectivity index (χ1) is 10.6. The number of hydrogen-bond acceptors (Lipinski definition) is 5. The van der Waals surface area contributed by atoms with Crippen molar-refractivity contribution in [3.63, 3.8) is 0 Å². The Labute approximate surface area is 132 Å². The number of hydrogen-bond donors (Lipinski definition) is 1. The number of thiazole rings is 1. The molecule has 1 aromatic heterocycles. The first-order valence-electron chi connectivity index (χ1n) is 6.63. The van der Waals surface area contributed by atoms with Crippen molar-refractivity contribution < 1.29 is 14.3 Å². The molecule has 0 spiro atoms. The number of amides is 1. The van der Waals surface area contributed by atoms with Crippen molar-refractivity contribution in [2.45, 2.75) is 13.0 Å². The SMILES string of the molecule is COC(=O)C(NC(=O)/C=C\c1csc(C)n1)c1ccccc1. The maximum absolute atomic E-state index is 12.0. The van der Waals surface area contributed by atoms with Crippen LogP contribution in [0, 0.1) is 6.92 Å². The second-order valence-electron chi connectivity index (χ2n) is 4.50. The van der Waals surface area contributed by atoms with Gasteiger partial charge < -0.3 is 10.1 Å². The third kappa shape index (κ3) is 4.26. The molecule has 2 rings (SSSR count). The Kier molecular flexibility index (Phi) is 5.43. The molecular weight excluding hydrogens is 300 g/mol. The highest BCUT2D eigenvalue weighted by molar-refractivity contribution is 7.09. The molecule has 6 heteroatoms. The number of benzene rings is 1. The van der Waals surface area contributed by atoms with E-state index in [4.69, 9.17) is 4.74 Å². The molecule has 0 bridgehead atoms. The topological polar surface area (TPSA) is 68.3 Å². The van der Waals surface area contributed by atoms with Crippen LogP contribution in [0.15, 0.2) is 41.8 Å². The molecule has 22 heavy (non-hydrogen) atoms. The van der Waals surface area contributed by atoms with Crippen LogP contribution >= 0.6 is 11.3 Å². The van der Waals surface area contributed by atoms with E-state index in [9.17, 15) is 9.59 Å². The second kappa shape index (κ2) is 7.51. The highest BCUT2D eigenvalue weighted by Gasteiger charge is 2.22. The maximum atomic E-state index is 12.0. The molecule has 114 valence electrons. The van der Waals surface area contributed by atoms with E-state index in [1.807, 2.05) is 18.4 Å². The van der Waals surface area contributed by atoms with Crippen molar-refractivity contribution in [3.05, 3.63) is 58.1 Å². The summed E-state index contributed by atoms with van der Waals surface area (Å²) >= 11 is 1.51. The van der Waals surface area contributed by atoms with Crippen LogP contribution in [-0.4, -0.2) is 24.0 Å². The first kappa shape index (κ1) is 15.9. The monoisotopic (exact) mass is 316 g/mol. The fourth-order valence-electron chi connectivity index (χ4n) is 1.85. The van der Waals surface area contributed by atoms with Crippen LogP contribution < -0.4 is 5.32 Å². The zero-order valence-electron chi connectivity index (χ0n) is 12.3. The quantitative estimate of drug-likeness (QED) is 0.680. The molecule has 1 heterocycles. The molecule has 1 N–H and O–H groups in total. The Bertz CT molecular complexity index is 680. The smallest absolute Gasteiger partial charge is 0.333 e. The lowest BCUT2D eigenvalue weighted by Crippen LogP contribution is -2.33. The highest BCUT2D eigenvalue weighted by Crippen LogP contribution is 2.14. The lowest BCUT2D eigenvalue weighted by Gasteiger charge is -2.15. The second-order valence-corrected chi connectivity index (χ2v) is 5.56. The van der Waals surface area contributed by atoms with Crippen molar-refractivity contribution in [1.29, 1.82) is 0 Å². The van der Waals surface area contributed by atoms with Crippen molar-refractivity contribution in [2.75, 3.05) is 7.11 Å². The van der Waals surface area contributed by atoms with Crippen LogP contribution in [0.1, 0.15) is 22.3 Å². The lowest BCUT2D eigenvalue weighted by atomic mass is 10.1. The van der Waals surface area contributed by atoms with E-state index in [0.29, 0.717) is 11.3 Å². The van der Waals surface area contributed by atoms with Crippen molar-refractivity contribution in [2.24, 2.45) is 0 Å². The third-order valence-electron chi connectivity index (χ3n) is 2.90. The number of carbonyl (C=O) groups is 2. The van der Waals surface area contributed by atoms with Gasteiger partial charge in [0.05, 0.1) is 17.8 Å². The molecule has 0 saturated heterocycles. The Morgan fingerprint density at radius 1 is 1.32 bits per heavy atom. The zero-order valence-corrected chi connectivity index (χ0v) is 13.1.